The SMILES string of the molecule is CN(C)C(CNC(=O)NCCc1ccc2c(c1)OCO2)c1ccc(F)cc1. The number of nitrogens with zero attached hydrogens (tertiary/aromatic N) is 1. The molecule has 1 unspecified atom stereocenters. The van der Waals surface area contributed by atoms with E-state index < -0.39 is 0 Å². The molecule has 0 radical (unpaired) electrons. The van der Waals surface area contributed by atoms with Crippen LogP contribution in [0.4, 0.5) is 9.18 Å². The molecule has 0 saturated carbocycles. The molecule has 2 aromatic carbocycles. The van der Waals surface area contributed by atoms with Gasteiger partial charge < -0.3 is 25.0 Å². The van der Waals surface area contributed by atoms with Crippen molar-refractivity contribution in [1.29, 1.82) is 0 Å². The lowest BCUT2D eigenvalue weighted by Gasteiger charge is -2.25. The molecule has 1 atom stereocenters. The van der Waals surface area contributed by atoms with E-state index in [1.807, 2.05) is 37.2 Å². The number of hydrogen-bond acceptors (Lipinski definition) is 4. The lowest BCUT2D eigenvalue weighted by Crippen LogP contribution is -2.41. The van der Waals surface area contributed by atoms with Gasteiger partial charge in [-0.25, -0.2) is 9.18 Å². The summed E-state index contributed by atoms with van der Waals surface area (Å²) in [4.78, 5) is 14.1. The van der Waals surface area contributed by atoms with E-state index in [0.29, 0.717) is 19.5 Å². The fourth-order valence-corrected chi connectivity index (χ4v) is 2.95. The average Bonchev–Trinajstić information content (AvgIpc) is 3.11. The van der Waals surface area contributed by atoms with Crippen LogP contribution in [0.5, 0.6) is 11.5 Å². The van der Waals surface area contributed by atoms with Crippen LogP contribution in [0.25, 0.3) is 0 Å². The molecule has 2 N–H and O–H groups in total. The van der Waals surface area contributed by atoms with Gasteiger partial charge in [0.25, 0.3) is 0 Å². The molecule has 3 rings (SSSR count). The summed E-state index contributed by atoms with van der Waals surface area (Å²) in [6.07, 6.45) is 0.694. The van der Waals surface area contributed by atoms with Crippen LogP contribution in [0.15, 0.2) is 42.5 Å². The van der Waals surface area contributed by atoms with Crippen molar-refractivity contribution in [3.8, 4) is 11.5 Å². The number of hydrogen-bond donors (Lipinski definition) is 2. The fraction of sp³-hybridized carbons (Fsp3) is 0.350. The summed E-state index contributed by atoms with van der Waals surface area (Å²) in [7, 11) is 3.85. The number of amides is 2. The molecule has 2 amide bonds. The molecular formula is C20H24FN3O3. The highest BCUT2D eigenvalue weighted by atomic mass is 19.1. The minimum Gasteiger partial charge on any atom is -0.454 e. The third-order valence-corrected chi connectivity index (χ3v) is 4.47. The number of ether oxygens (including phenoxy) is 2. The van der Waals surface area contributed by atoms with Crippen LogP contribution in [-0.4, -0.2) is 44.9 Å². The summed E-state index contributed by atoms with van der Waals surface area (Å²) >= 11 is 0. The van der Waals surface area contributed by atoms with Crippen molar-refractivity contribution in [3.05, 3.63) is 59.4 Å². The standard InChI is InChI=1S/C20H24FN3O3/c1-24(2)17(15-4-6-16(21)7-5-15)12-23-20(25)22-10-9-14-3-8-18-19(11-14)27-13-26-18/h3-8,11,17H,9-10,12-13H2,1-2H3,(H2,22,23,25). The molecule has 7 heteroatoms. The van der Waals surface area contributed by atoms with E-state index in [0.717, 1.165) is 22.6 Å². The second-order valence-electron chi connectivity index (χ2n) is 6.61. The second kappa shape index (κ2) is 8.73. The minimum atomic E-state index is -0.273. The number of carbonyl (C=O) groups is 1. The monoisotopic (exact) mass is 373 g/mol. The number of halogens is 1. The minimum absolute atomic E-state index is 0.0368. The van der Waals surface area contributed by atoms with Gasteiger partial charge in [-0.15, -0.1) is 0 Å². The van der Waals surface area contributed by atoms with Gasteiger partial charge >= 0.3 is 6.03 Å². The van der Waals surface area contributed by atoms with E-state index in [1.54, 1.807) is 12.1 Å². The van der Waals surface area contributed by atoms with Crippen LogP contribution in [0.3, 0.4) is 0 Å². The topological polar surface area (TPSA) is 62.8 Å². The Kier molecular flexibility index (Phi) is 6.13. The Hall–Kier alpha value is -2.80. The second-order valence-corrected chi connectivity index (χ2v) is 6.61. The van der Waals surface area contributed by atoms with Gasteiger partial charge in [0.1, 0.15) is 5.82 Å². The number of likely N-dealkylation sites (N-methyl/N-ethyl adjacent to an activating group) is 1. The van der Waals surface area contributed by atoms with Crippen LogP contribution >= 0.6 is 0 Å². The van der Waals surface area contributed by atoms with Gasteiger partial charge in [0.15, 0.2) is 11.5 Å². The van der Waals surface area contributed by atoms with Gasteiger partial charge in [0.2, 0.25) is 6.79 Å². The first kappa shape index (κ1) is 19.0. The van der Waals surface area contributed by atoms with E-state index in [-0.39, 0.29) is 24.7 Å². The van der Waals surface area contributed by atoms with Crippen molar-refractivity contribution < 1.29 is 18.7 Å². The smallest absolute Gasteiger partial charge is 0.314 e. The average molecular weight is 373 g/mol. The highest BCUT2D eigenvalue weighted by molar-refractivity contribution is 5.73. The molecule has 2 aromatic rings. The van der Waals surface area contributed by atoms with Crippen LogP contribution in [-0.2, 0) is 6.42 Å². The maximum Gasteiger partial charge on any atom is 0.314 e. The Bertz CT molecular complexity index is 781. The molecule has 0 spiro atoms. The van der Waals surface area contributed by atoms with Gasteiger partial charge in [-0.1, -0.05) is 18.2 Å². The maximum absolute atomic E-state index is 13.1. The zero-order valence-electron chi connectivity index (χ0n) is 15.5. The summed E-state index contributed by atoms with van der Waals surface area (Å²) in [6.45, 7) is 1.18. The van der Waals surface area contributed by atoms with Crippen LogP contribution in [0.2, 0.25) is 0 Å². The molecule has 1 aliphatic rings. The van der Waals surface area contributed by atoms with Crippen molar-refractivity contribution in [2.24, 2.45) is 0 Å². The molecule has 0 aromatic heterocycles. The van der Waals surface area contributed by atoms with E-state index in [4.69, 9.17) is 9.47 Å². The third kappa shape index (κ3) is 5.10. The van der Waals surface area contributed by atoms with E-state index in [1.165, 1.54) is 12.1 Å². The predicted molar refractivity (Wildman–Crippen MR) is 100 cm³/mol. The molecule has 6 nitrogen and oxygen atoms in total. The highest BCUT2D eigenvalue weighted by Gasteiger charge is 2.16. The first-order valence-corrected chi connectivity index (χ1v) is 8.85. The predicted octanol–water partition coefficient (Wildman–Crippen LogP) is 2.70. The molecule has 1 aliphatic heterocycles. The molecule has 0 fully saturated rings. The summed E-state index contributed by atoms with van der Waals surface area (Å²) in [5.41, 5.74) is 2.01. The molecule has 0 bridgehead atoms. The van der Waals surface area contributed by atoms with Gasteiger partial charge in [0, 0.05) is 13.1 Å². The van der Waals surface area contributed by atoms with E-state index in [9.17, 15) is 9.18 Å². The number of nitrogens with one attached hydrogen (secondary N) is 2. The van der Waals surface area contributed by atoms with Gasteiger partial charge in [0.05, 0.1) is 6.04 Å². The lowest BCUT2D eigenvalue weighted by atomic mass is 10.1. The number of urea groups is 1. The van der Waals surface area contributed by atoms with E-state index in [2.05, 4.69) is 10.6 Å². The molecule has 144 valence electrons. The van der Waals surface area contributed by atoms with Crippen molar-refractivity contribution in [1.82, 2.24) is 15.5 Å². The summed E-state index contributed by atoms with van der Waals surface area (Å²) < 4.78 is 23.7. The lowest BCUT2D eigenvalue weighted by molar-refractivity contribution is 0.174. The zero-order chi connectivity index (χ0) is 19.2. The third-order valence-electron chi connectivity index (χ3n) is 4.47. The highest BCUT2D eigenvalue weighted by Crippen LogP contribution is 2.32. The Morgan fingerprint density at radius 2 is 1.85 bits per heavy atom. The Morgan fingerprint density at radius 3 is 2.59 bits per heavy atom. The van der Waals surface area contributed by atoms with Gasteiger partial charge in [-0.05, 0) is 55.9 Å². The Balaban J connectivity index is 1.45. The first-order valence-electron chi connectivity index (χ1n) is 8.85. The van der Waals surface area contributed by atoms with Crippen LogP contribution in [0.1, 0.15) is 17.2 Å². The number of benzene rings is 2. The molecule has 27 heavy (non-hydrogen) atoms. The van der Waals surface area contributed by atoms with Crippen LogP contribution in [0, 0.1) is 5.82 Å². The zero-order valence-corrected chi connectivity index (χ0v) is 15.5. The quantitative estimate of drug-likeness (QED) is 0.783. The number of carbonyl (C=O) groups excluding carboxylic acids is 1. The number of rotatable bonds is 7. The first-order chi connectivity index (χ1) is 13.0. The summed E-state index contributed by atoms with van der Waals surface area (Å²) in [5.74, 6) is 1.22. The van der Waals surface area contributed by atoms with Crippen molar-refractivity contribution in [2.45, 2.75) is 12.5 Å². The Labute approximate surface area is 158 Å². The van der Waals surface area contributed by atoms with Crippen molar-refractivity contribution in [2.75, 3.05) is 34.0 Å². The van der Waals surface area contributed by atoms with Crippen molar-refractivity contribution >= 4 is 6.03 Å². The molecular weight excluding hydrogens is 349 g/mol. The normalized spacial score (nSPS) is 13.5. The Morgan fingerprint density at radius 1 is 1.11 bits per heavy atom. The largest absolute Gasteiger partial charge is 0.454 e. The molecule has 1 heterocycles. The fourth-order valence-electron chi connectivity index (χ4n) is 2.95. The molecule has 0 aliphatic carbocycles. The molecule has 0 saturated heterocycles. The van der Waals surface area contributed by atoms with Gasteiger partial charge in [-0.2, -0.15) is 0 Å². The maximum atomic E-state index is 13.1. The summed E-state index contributed by atoms with van der Waals surface area (Å²) in [5, 5.41) is 5.73. The van der Waals surface area contributed by atoms with E-state index >= 15 is 0 Å². The number of fused-ring (bicyclic) bond motifs is 1. The van der Waals surface area contributed by atoms with Crippen LogP contribution < -0.4 is 20.1 Å². The van der Waals surface area contributed by atoms with Crippen molar-refractivity contribution in [3.63, 3.8) is 0 Å². The van der Waals surface area contributed by atoms with Gasteiger partial charge in [-0.3, -0.25) is 0 Å². The summed E-state index contributed by atoms with van der Waals surface area (Å²) in [6, 6.07) is 11.8.